The molecule has 1 atom stereocenters. The maximum absolute atomic E-state index is 6.42. The molecule has 1 aliphatic heterocycles. The van der Waals surface area contributed by atoms with Crippen LogP contribution in [-0.4, -0.2) is 28.3 Å². The topological polar surface area (TPSA) is 63.2 Å². The van der Waals surface area contributed by atoms with Gasteiger partial charge in [0.2, 0.25) is 11.0 Å². The van der Waals surface area contributed by atoms with Gasteiger partial charge >= 0.3 is 0 Å². The Morgan fingerprint density at radius 3 is 2.38 bits per heavy atom. The predicted octanol–water partition coefficient (Wildman–Crippen LogP) is 6.18. The summed E-state index contributed by atoms with van der Waals surface area (Å²) in [5, 5.41) is 13.0. The number of para-hydroxylation sites is 1. The Bertz CT molecular complexity index is 1250. The molecule has 0 spiro atoms. The maximum atomic E-state index is 6.42. The van der Waals surface area contributed by atoms with Crippen LogP contribution in [-0.2, 0) is 5.75 Å². The van der Waals surface area contributed by atoms with Gasteiger partial charge in [-0.2, -0.15) is 4.98 Å². The number of thioether (sulfide) groups is 1. The van der Waals surface area contributed by atoms with Gasteiger partial charge in [-0.05, 0) is 37.6 Å². The van der Waals surface area contributed by atoms with E-state index in [1.54, 1.807) is 11.8 Å². The average molecular weight is 470 g/mol. The number of nitrogens with zero attached hydrogens (tertiary/aromatic N) is 4. The SMILES string of the molecule is CCN(CC)c1ccc([C@H]2Nc3ccccc3-c3nnc(SCc4ccccc4)nc3O2)cc1. The fourth-order valence-electron chi connectivity index (χ4n) is 4.03. The Morgan fingerprint density at radius 1 is 0.882 bits per heavy atom. The zero-order chi connectivity index (χ0) is 23.3. The van der Waals surface area contributed by atoms with Crippen molar-refractivity contribution in [2.75, 3.05) is 23.3 Å². The summed E-state index contributed by atoms with van der Waals surface area (Å²) in [6, 6.07) is 26.8. The van der Waals surface area contributed by atoms with Crippen molar-refractivity contribution < 1.29 is 4.74 Å². The number of rotatable bonds is 7. The van der Waals surface area contributed by atoms with Crippen LogP contribution in [0.1, 0.15) is 31.2 Å². The summed E-state index contributed by atoms with van der Waals surface area (Å²) in [5.74, 6) is 1.26. The van der Waals surface area contributed by atoms with E-state index in [1.807, 2.05) is 42.5 Å². The van der Waals surface area contributed by atoms with Crippen molar-refractivity contribution in [1.29, 1.82) is 0 Å². The Labute approximate surface area is 204 Å². The summed E-state index contributed by atoms with van der Waals surface area (Å²) in [7, 11) is 0. The number of aromatic nitrogens is 3. The van der Waals surface area contributed by atoms with Gasteiger partial charge in [-0.1, -0.05) is 72.4 Å². The summed E-state index contributed by atoms with van der Waals surface area (Å²) in [6.45, 7) is 6.28. The first-order chi connectivity index (χ1) is 16.7. The van der Waals surface area contributed by atoms with Crippen molar-refractivity contribution in [3.05, 3.63) is 90.0 Å². The van der Waals surface area contributed by atoms with Gasteiger partial charge in [0, 0.05) is 41.3 Å². The molecule has 1 N–H and O–H groups in total. The fourth-order valence-corrected chi connectivity index (χ4v) is 4.76. The minimum Gasteiger partial charge on any atom is -0.448 e. The molecule has 4 aromatic rings. The van der Waals surface area contributed by atoms with Gasteiger partial charge in [0.15, 0.2) is 11.9 Å². The molecule has 0 bridgehead atoms. The number of nitrogens with one attached hydrogen (secondary N) is 1. The molecule has 0 fully saturated rings. The van der Waals surface area contributed by atoms with Crippen LogP contribution in [0.2, 0.25) is 0 Å². The highest BCUT2D eigenvalue weighted by molar-refractivity contribution is 7.98. The first kappa shape index (κ1) is 22.2. The van der Waals surface area contributed by atoms with Gasteiger partial charge in [-0.3, -0.25) is 0 Å². The Morgan fingerprint density at radius 2 is 1.62 bits per heavy atom. The smallest absolute Gasteiger partial charge is 0.247 e. The van der Waals surface area contributed by atoms with Crippen LogP contribution < -0.4 is 15.0 Å². The van der Waals surface area contributed by atoms with Crippen LogP contribution >= 0.6 is 11.8 Å². The summed E-state index contributed by atoms with van der Waals surface area (Å²) < 4.78 is 6.42. The Balaban J connectivity index is 1.45. The van der Waals surface area contributed by atoms with Crippen LogP contribution in [0, 0.1) is 0 Å². The van der Waals surface area contributed by atoms with E-state index in [0.29, 0.717) is 16.7 Å². The van der Waals surface area contributed by atoms with Gasteiger partial charge in [0.05, 0.1) is 0 Å². The Hall–Kier alpha value is -3.58. The molecule has 1 aromatic heterocycles. The van der Waals surface area contributed by atoms with Crippen molar-refractivity contribution in [1.82, 2.24) is 15.2 Å². The monoisotopic (exact) mass is 469 g/mol. The van der Waals surface area contributed by atoms with Gasteiger partial charge in [-0.25, -0.2) is 0 Å². The van der Waals surface area contributed by atoms with Crippen LogP contribution in [0.25, 0.3) is 11.3 Å². The quantitative estimate of drug-likeness (QED) is 0.324. The van der Waals surface area contributed by atoms with E-state index in [2.05, 4.69) is 70.7 Å². The minimum atomic E-state index is -0.392. The number of hydrogen-bond acceptors (Lipinski definition) is 7. The first-order valence-corrected chi connectivity index (χ1v) is 12.5. The number of anilines is 2. The third-order valence-corrected chi connectivity index (χ3v) is 6.78. The molecule has 0 amide bonds. The molecule has 0 saturated heterocycles. The lowest BCUT2D eigenvalue weighted by Gasteiger charge is -2.23. The first-order valence-electron chi connectivity index (χ1n) is 11.5. The third-order valence-electron chi connectivity index (χ3n) is 5.87. The molecule has 0 unspecified atom stereocenters. The lowest BCUT2D eigenvalue weighted by molar-refractivity contribution is 0.225. The van der Waals surface area contributed by atoms with Gasteiger partial charge in [0.1, 0.15) is 0 Å². The molecule has 34 heavy (non-hydrogen) atoms. The molecule has 5 rings (SSSR count). The summed E-state index contributed by atoms with van der Waals surface area (Å²) in [4.78, 5) is 7.08. The summed E-state index contributed by atoms with van der Waals surface area (Å²) in [6.07, 6.45) is -0.392. The third kappa shape index (κ3) is 4.70. The van der Waals surface area contributed by atoms with E-state index in [4.69, 9.17) is 9.72 Å². The largest absolute Gasteiger partial charge is 0.448 e. The molecular weight excluding hydrogens is 442 g/mol. The number of ether oxygens (including phenoxy) is 1. The second kappa shape index (κ2) is 10.1. The molecule has 0 radical (unpaired) electrons. The molecule has 2 heterocycles. The van der Waals surface area contributed by atoms with Crippen LogP contribution in [0.5, 0.6) is 5.88 Å². The standard InChI is InChI=1S/C27H27N5OS/c1-3-32(4-2)21-16-14-20(15-17-21)25-28-23-13-9-8-12-22(23)24-26(33-25)29-27(31-30-24)34-18-19-10-6-5-7-11-19/h5-17,25,28H,3-4,18H2,1-2H3/t25-/m0/s1. The van der Waals surface area contributed by atoms with E-state index in [-0.39, 0.29) is 0 Å². The summed E-state index contributed by atoms with van der Waals surface area (Å²) in [5.41, 5.74) is 5.96. The zero-order valence-electron chi connectivity index (χ0n) is 19.3. The average Bonchev–Trinajstić information content (AvgIpc) is 3.06. The molecule has 3 aromatic carbocycles. The van der Waals surface area contributed by atoms with Gasteiger partial charge in [0.25, 0.3) is 0 Å². The van der Waals surface area contributed by atoms with Crippen LogP contribution in [0.4, 0.5) is 11.4 Å². The van der Waals surface area contributed by atoms with Crippen molar-refractivity contribution >= 4 is 23.1 Å². The number of hydrogen-bond donors (Lipinski definition) is 1. The van der Waals surface area contributed by atoms with Gasteiger partial charge in [-0.15, -0.1) is 10.2 Å². The van der Waals surface area contributed by atoms with Crippen molar-refractivity contribution in [2.45, 2.75) is 31.0 Å². The van der Waals surface area contributed by atoms with Crippen molar-refractivity contribution in [3.63, 3.8) is 0 Å². The van der Waals surface area contributed by atoms with Crippen LogP contribution in [0.15, 0.2) is 84.0 Å². The molecule has 6 nitrogen and oxygen atoms in total. The molecule has 0 saturated carbocycles. The van der Waals surface area contributed by atoms with Crippen molar-refractivity contribution in [3.8, 4) is 17.1 Å². The highest BCUT2D eigenvalue weighted by Gasteiger charge is 2.26. The molecule has 0 aliphatic carbocycles. The molecule has 1 aliphatic rings. The minimum absolute atomic E-state index is 0.392. The number of benzene rings is 3. The van der Waals surface area contributed by atoms with E-state index in [1.165, 1.54) is 11.3 Å². The highest BCUT2D eigenvalue weighted by Crippen LogP contribution is 2.39. The molecule has 7 heteroatoms. The second-order valence-corrected chi connectivity index (χ2v) is 8.92. The van der Waals surface area contributed by atoms with Crippen LogP contribution in [0.3, 0.4) is 0 Å². The Kier molecular flexibility index (Phi) is 6.62. The second-order valence-electron chi connectivity index (χ2n) is 7.97. The highest BCUT2D eigenvalue weighted by atomic mass is 32.2. The maximum Gasteiger partial charge on any atom is 0.247 e. The van der Waals surface area contributed by atoms with E-state index >= 15 is 0 Å². The number of fused-ring (bicyclic) bond motifs is 3. The van der Waals surface area contributed by atoms with Gasteiger partial charge < -0.3 is 15.0 Å². The van der Waals surface area contributed by atoms with E-state index in [0.717, 1.165) is 35.7 Å². The zero-order valence-corrected chi connectivity index (χ0v) is 20.1. The lowest BCUT2D eigenvalue weighted by Crippen LogP contribution is -2.22. The van der Waals surface area contributed by atoms with Crippen molar-refractivity contribution in [2.24, 2.45) is 0 Å². The van der Waals surface area contributed by atoms with E-state index in [9.17, 15) is 0 Å². The fraction of sp³-hybridized carbons (Fsp3) is 0.222. The summed E-state index contributed by atoms with van der Waals surface area (Å²) >= 11 is 1.55. The van der Waals surface area contributed by atoms with E-state index < -0.39 is 6.23 Å². The predicted molar refractivity (Wildman–Crippen MR) is 138 cm³/mol. The lowest BCUT2D eigenvalue weighted by atomic mass is 10.1. The molecule has 172 valence electrons. The normalized spacial score (nSPS) is 14.2. The molecular formula is C27H27N5OS.